The molecule has 28 heavy (non-hydrogen) atoms. The van der Waals surface area contributed by atoms with Crippen molar-refractivity contribution in [3.8, 4) is 0 Å². The van der Waals surface area contributed by atoms with E-state index in [9.17, 15) is 4.79 Å². The van der Waals surface area contributed by atoms with E-state index >= 15 is 0 Å². The van der Waals surface area contributed by atoms with Gasteiger partial charge in [-0.1, -0.05) is 6.42 Å². The molecule has 1 aromatic rings. The van der Waals surface area contributed by atoms with Crippen LogP contribution in [0.25, 0.3) is 0 Å². The smallest absolute Gasteiger partial charge is 0.222 e. The van der Waals surface area contributed by atoms with Crippen molar-refractivity contribution < 1.29 is 4.79 Å². The number of hydrogen-bond donors (Lipinski definition) is 2. The van der Waals surface area contributed by atoms with Gasteiger partial charge in [-0.3, -0.25) is 14.5 Å². The molecule has 1 atom stereocenters. The number of aromatic nitrogens is 2. The molecular weight excluding hydrogens is 354 g/mol. The van der Waals surface area contributed by atoms with E-state index in [-0.39, 0.29) is 6.04 Å². The van der Waals surface area contributed by atoms with E-state index in [1.807, 2.05) is 29.0 Å². The zero-order chi connectivity index (χ0) is 20.4. The molecule has 0 spiro atoms. The van der Waals surface area contributed by atoms with Crippen LogP contribution in [-0.4, -0.2) is 78.3 Å². The fourth-order valence-corrected chi connectivity index (χ4v) is 3.45. The Hall–Kier alpha value is -2.09. The van der Waals surface area contributed by atoms with E-state index in [4.69, 9.17) is 4.99 Å². The minimum atomic E-state index is 0.180. The van der Waals surface area contributed by atoms with Crippen LogP contribution >= 0.6 is 0 Å². The van der Waals surface area contributed by atoms with Crippen molar-refractivity contribution in [3.63, 3.8) is 0 Å². The van der Waals surface area contributed by atoms with Gasteiger partial charge < -0.3 is 20.4 Å². The van der Waals surface area contributed by atoms with Crippen LogP contribution in [0.15, 0.2) is 17.4 Å². The number of amides is 1. The van der Waals surface area contributed by atoms with Crippen molar-refractivity contribution in [3.05, 3.63) is 18.0 Å². The fourth-order valence-electron chi connectivity index (χ4n) is 3.45. The van der Waals surface area contributed by atoms with Gasteiger partial charge in [0.1, 0.15) is 0 Å². The molecule has 0 saturated carbocycles. The molecule has 1 fully saturated rings. The van der Waals surface area contributed by atoms with Crippen LogP contribution in [-0.2, 0) is 11.8 Å². The minimum absolute atomic E-state index is 0.180. The second-order valence-corrected chi connectivity index (χ2v) is 7.62. The van der Waals surface area contributed by atoms with Gasteiger partial charge in [-0.15, -0.1) is 0 Å². The lowest BCUT2D eigenvalue weighted by Crippen LogP contribution is -2.40. The first kappa shape index (κ1) is 22.2. The Labute approximate surface area is 169 Å². The highest BCUT2D eigenvalue weighted by atomic mass is 16.2. The van der Waals surface area contributed by atoms with Gasteiger partial charge in [-0.2, -0.15) is 5.10 Å². The van der Waals surface area contributed by atoms with Crippen LogP contribution < -0.4 is 10.6 Å². The summed E-state index contributed by atoms with van der Waals surface area (Å²) in [5.41, 5.74) is 1.16. The number of guanidine groups is 1. The van der Waals surface area contributed by atoms with Crippen LogP contribution in [0.5, 0.6) is 0 Å². The molecule has 2 N–H and O–H groups in total. The van der Waals surface area contributed by atoms with E-state index in [1.165, 1.54) is 6.42 Å². The highest BCUT2D eigenvalue weighted by molar-refractivity contribution is 5.79. The third-order valence-electron chi connectivity index (χ3n) is 5.07. The highest BCUT2D eigenvalue weighted by Gasteiger charge is 2.17. The zero-order valence-corrected chi connectivity index (χ0v) is 17.9. The van der Waals surface area contributed by atoms with Gasteiger partial charge in [0.2, 0.25) is 5.91 Å². The zero-order valence-electron chi connectivity index (χ0n) is 17.9. The average Bonchev–Trinajstić information content (AvgIpc) is 2.97. The summed E-state index contributed by atoms with van der Waals surface area (Å²) in [5.74, 6) is 1.13. The van der Waals surface area contributed by atoms with Gasteiger partial charge in [0.15, 0.2) is 5.96 Å². The second kappa shape index (κ2) is 11.7. The Morgan fingerprint density at radius 1 is 1.32 bits per heavy atom. The molecule has 1 aliphatic rings. The van der Waals surface area contributed by atoms with Gasteiger partial charge in [0, 0.05) is 51.4 Å². The molecular formula is C20H37N7O. The van der Waals surface area contributed by atoms with Crippen LogP contribution in [0, 0.1) is 0 Å². The van der Waals surface area contributed by atoms with Crippen molar-refractivity contribution in [2.45, 2.75) is 45.1 Å². The number of carbonyl (C=O) groups excluding carboxylic acids is 1. The summed E-state index contributed by atoms with van der Waals surface area (Å²) in [6, 6.07) is 0.180. The number of likely N-dealkylation sites (tertiary alicyclic amines) is 1. The predicted molar refractivity (Wildman–Crippen MR) is 113 cm³/mol. The Balaban J connectivity index is 1.84. The number of likely N-dealkylation sites (N-methyl/N-ethyl adjacent to an activating group) is 1. The summed E-state index contributed by atoms with van der Waals surface area (Å²) in [6.45, 7) is 6.06. The number of rotatable bonds is 9. The van der Waals surface area contributed by atoms with E-state index in [1.54, 1.807) is 0 Å². The van der Waals surface area contributed by atoms with Crippen molar-refractivity contribution >= 4 is 11.9 Å². The molecule has 1 saturated heterocycles. The van der Waals surface area contributed by atoms with Gasteiger partial charge in [-0.25, -0.2) is 0 Å². The largest absolute Gasteiger partial charge is 0.357 e. The molecule has 0 bridgehead atoms. The monoisotopic (exact) mass is 391 g/mol. The third-order valence-corrected chi connectivity index (χ3v) is 5.07. The fraction of sp³-hybridized carbons (Fsp3) is 0.750. The number of hydrogen-bond acceptors (Lipinski definition) is 4. The number of nitrogens with zero attached hydrogens (tertiary/aromatic N) is 5. The SMILES string of the molecule is CCNC(=NCC(c1cnn(C)c1)N(C)C)NCCCN1CCCCCC1=O. The summed E-state index contributed by atoms with van der Waals surface area (Å²) in [5, 5.41) is 11.0. The highest BCUT2D eigenvalue weighted by Crippen LogP contribution is 2.17. The van der Waals surface area contributed by atoms with Crippen LogP contribution in [0.3, 0.4) is 0 Å². The van der Waals surface area contributed by atoms with Crippen LogP contribution in [0.1, 0.15) is 50.6 Å². The minimum Gasteiger partial charge on any atom is -0.357 e. The van der Waals surface area contributed by atoms with Gasteiger partial charge in [0.05, 0.1) is 18.8 Å². The Kier molecular flexibility index (Phi) is 9.27. The molecule has 1 aliphatic heterocycles. The molecule has 1 amide bonds. The Morgan fingerprint density at radius 3 is 2.82 bits per heavy atom. The van der Waals surface area contributed by atoms with Crippen molar-refractivity contribution in [2.75, 3.05) is 46.8 Å². The molecule has 8 heteroatoms. The second-order valence-electron chi connectivity index (χ2n) is 7.62. The summed E-state index contributed by atoms with van der Waals surface area (Å²) in [4.78, 5) is 21.0. The predicted octanol–water partition coefficient (Wildman–Crippen LogP) is 1.37. The maximum Gasteiger partial charge on any atom is 0.222 e. The molecule has 8 nitrogen and oxygen atoms in total. The number of nitrogens with one attached hydrogen (secondary N) is 2. The molecule has 158 valence electrons. The van der Waals surface area contributed by atoms with Crippen molar-refractivity contribution in [1.82, 2.24) is 30.2 Å². The standard InChI is InChI=1S/C20H37N7O/c1-5-21-20(22-11-9-13-27-12-8-6-7-10-19(27)28)23-15-18(25(2)3)17-14-24-26(4)16-17/h14,16,18H,5-13,15H2,1-4H3,(H2,21,22,23). The first-order chi connectivity index (χ1) is 13.5. The van der Waals surface area contributed by atoms with E-state index in [2.05, 4.69) is 41.7 Å². The molecule has 0 aliphatic carbocycles. The van der Waals surface area contributed by atoms with Gasteiger partial charge >= 0.3 is 0 Å². The topological polar surface area (TPSA) is 77.8 Å². The van der Waals surface area contributed by atoms with Crippen molar-refractivity contribution in [2.24, 2.45) is 12.0 Å². The van der Waals surface area contributed by atoms with Gasteiger partial charge in [-0.05, 0) is 40.3 Å². The number of aryl methyl sites for hydroxylation is 1. The van der Waals surface area contributed by atoms with E-state index < -0.39 is 0 Å². The van der Waals surface area contributed by atoms with E-state index in [0.717, 1.165) is 57.0 Å². The lowest BCUT2D eigenvalue weighted by atomic mass is 10.1. The summed E-state index contributed by atoms with van der Waals surface area (Å²) in [7, 11) is 6.05. The maximum absolute atomic E-state index is 12.1. The summed E-state index contributed by atoms with van der Waals surface area (Å²) < 4.78 is 1.82. The third kappa shape index (κ3) is 7.14. The molecule has 1 aromatic heterocycles. The summed E-state index contributed by atoms with van der Waals surface area (Å²) >= 11 is 0. The maximum atomic E-state index is 12.1. The lowest BCUT2D eigenvalue weighted by molar-refractivity contribution is -0.130. The molecule has 1 unspecified atom stereocenters. The van der Waals surface area contributed by atoms with E-state index in [0.29, 0.717) is 18.9 Å². The van der Waals surface area contributed by atoms with Crippen LogP contribution in [0.2, 0.25) is 0 Å². The number of carbonyl (C=O) groups is 1. The Bertz CT molecular complexity index is 626. The quantitative estimate of drug-likeness (QED) is 0.378. The van der Waals surface area contributed by atoms with Crippen molar-refractivity contribution in [1.29, 1.82) is 0 Å². The lowest BCUT2D eigenvalue weighted by Gasteiger charge is -2.22. The molecule has 0 radical (unpaired) electrons. The average molecular weight is 392 g/mol. The molecule has 0 aromatic carbocycles. The number of aliphatic imine (C=N–C) groups is 1. The Morgan fingerprint density at radius 2 is 2.14 bits per heavy atom. The molecule has 2 heterocycles. The first-order valence-corrected chi connectivity index (χ1v) is 10.5. The van der Waals surface area contributed by atoms with Gasteiger partial charge in [0.25, 0.3) is 0 Å². The normalized spacial score (nSPS) is 17.0. The first-order valence-electron chi connectivity index (χ1n) is 10.5. The molecule has 2 rings (SSSR count). The summed E-state index contributed by atoms with van der Waals surface area (Å²) in [6.07, 6.45) is 8.91. The van der Waals surface area contributed by atoms with Crippen LogP contribution in [0.4, 0.5) is 0 Å².